The Morgan fingerprint density at radius 2 is 1.82 bits per heavy atom. The molecule has 8 heteroatoms. The van der Waals surface area contributed by atoms with Gasteiger partial charge in [-0.25, -0.2) is 0 Å². The van der Waals surface area contributed by atoms with E-state index in [0.717, 1.165) is 0 Å². The summed E-state index contributed by atoms with van der Waals surface area (Å²) in [6.07, 6.45) is 0. The van der Waals surface area contributed by atoms with Crippen LogP contribution in [0.2, 0.25) is 0 Å². The van der Waals surface area contributed by atoms with Gasteiger partial charge >= 0.3 is 51.4 Å². The molecule has 0 spiro atoms. The Morgan fingerprint density at radius 1 is 1.35 bits per heavy atom. The van der Waals surface area contributed by atoms with Crippen LogP contribution in [0.25, 0.3) is 5.73 Å². The Kier molecular flexibility index (Phi) is 19.1. The molecular formula is C9H19KN3O2S2-. The van der Waals surface area contributed by atoms with Gasteiger partial charge in [-0.3, -0.25) is 9.59 Å². The average Bonchev–Trinajstić information content (AvgIpc) is 2.16. The third-order valence-electron chi connectivity index (χ3n) is 1.74. The zero-order valence-electron chi connectivity index (χ0n) is 10.8. The summed E-state index contributed by atoms with van der Waals surface area (Å²) in [5, 5.41) is 2.89. The van der Waals surface area contributed by atoms with Crippen molar-refractivity contribution in [2.24, 2.45) is 5.73 Å². The fourth-order valence-corrected chi connectivity index (χ4v) is 3.14. The zero-order chi connectivity index (χ0) is 11.8. The van der Waals surface area contributed by atoms with Crippen LogP contribution in [0.3, 0.4) is 0 Å². The van der Waals surface area contributed by atoms with E-state index < -0.39 is 11.9 Å². The Hall–Kier alpha value is 1.40. The first-order chi connectivity index (χ1) is 6.99. The minimum absolute atomic E-state index is 0. The maximum atomic E-state index is 11.0. The normalized spacial score (nSPS) is 12.9. The SMILES string of the molecule is CN[C@@H](CSSC[C@H]([NH-])C(N)=O)C(C)=O.[CH3-].[K+]. The van der Waals surface area contributed by atoms with Gasteiger partial charge in [-0.05, 0) is 25.8 Å². The first-order valence-electron chi connectivity index (χ1n) is 4.41. The fourth-order valence-electron chi connectivity index (χ4n) is 0.718. The van der Waals surface area contributed by atoms with Crippen LogP contribution >= 0.6 is 21.6 Å². The summed E-state index contributed by atoms with van der Waals surface area (Å²) in [5.41, 5.74) is 12.2. The number of nitrogens with two attached hydrogens (primary N) is 1. The Labute approximate surface area is 154 Å². The minimum Gasteiger partial charge on any atom is -0.666 e. The van der Waals surface area contributed by atoms with Gasteiger partial charge in [-0.15, -0.1) is 0 Å². The second-order valence-corrected chi connectivity index (χ2v) is 5.53. The van der Waals surface area contributed by atoms with Crippen molar-refractivity contribution in [2.75, 3.05) is 18.6 Å². The molecule has 2 atom stereocenters. The molecule has 0 unspecified atom stereocenters. The molecular weight excluding hydrogens is 285 g/mol. The molecule has 5 nitrogen and oxygen atoms in total. The molecule has 0 bridgehead atoms. The van der Waals surface area contributed by atoms with Crippen LogP contribution in [0.4, 0.5) is 0 Å². The number of Topliss-reactive ketones (excluding diaryl/α,β-unsaturated/α-hetero) is 1. The summed E-state index contributed by atoms with van der Waals surface area (Å²) < 4.78 is 0. The summed E-state index contributed by atoms with van der Waals surface area (Å²) in [6, 6.07) is -1.03. The molecule has 1 amide bonds. The van der Waals surface area contributed by atoms with Crippen LogP contribution in [0.15, 0.2) is 0 Å². The van der Waals surface area contributed by atoms with Gasteiger partial charge in [-0.1, -0.05) is 21.6 Å². The third kappa shape index (κ3) is 12.2. The monoisotopic (exact) mass is 304 g/mol. The fraction of sp³-hybridized carbons (Fsp3) is 0.667. The van der Waals surface area contributed by atoms with Gasteiger partial charge in [0.15, 0.2) is 5.91 Å². The third-order valence-corrected chi connectivity index (χ3v) is 4.16. The first-order valence-corrected chi connectivity index (χ1v) is 6.90. The quantitative estimate of drug-likeness (QED) is 0.232. The summed E-state index contributed by atoms with van der Waals surface area (Å²) in [4.78, 5) is 21.6. The van der Waals surface area contributed by atoms with Crippen molar-refractivity contribution >= 4 is 33.3 Å². The standard InChI is InChI=1S/C8H16N3O2S2.CH3.K/c1-5(12)7(11-2)4-15-14-3-6(9)8(10)13;;/h6-7,9,11H,3-4H2,1-2H3,(H2,10,13);1H3;/q2*-1;+1/t6-,7-;;/m0../s1. The average molecular weight is 305 g/mol. The summed E-state index contributed by atoms with van der Waals surface area (Å²) in [6.45, 7) is 1.53. The van der Waals surface area contributed by atoms with Crippen LogP contribution in [-0.4, -0.2) is 42.3 Å². The van der Waals surface area contributed by atoms with E-state index in [-0.39, 0.29) is 70.6 Å². The number of ketones is 1. The maximum Gasteiger partial charge on any atom is 1.00 e. The molecule has 17 heavy (non-hydrogen) atoms. The smallest absolute Gasteiger partial charge is 0.666 e. The number of amides is 1. The molecule has 0 aliphatic rings. The van der Waals surface area contributed by atoms with Crippen molar-refractivity contribution in [1.82, 2.24) is 5.32 Å². The van der Waals surface area contributed by atoms with Gasteiger partial charge < -0.3 is 24.2 Å². The number of primary amides is 1. The zero-order valence-corrected chi connectivity index (χ0v) is 15.5. The van der Waals surface area contributed by atoms with Gasteiger partial charge in [0, 0.05) is 5.75 Å². The molecule has 0 aliphatic carbocycles. The predicted octanol–water partition coefficient (Wildman–Crippen LogP) is -2.09. The van der Waals surface area contributed by atoms with Crippen molar-refractivity contribution in [3.05, 3.63) is 13.2 Å². The molecule has 0 fully saturated rings. The van der Waals surface area contributed by atoms with E-state index in [9.17, 15) is 9.59 Å². The Morgan fingerprint density at radius 3 is 2.18 bits per heavy atom. The summed E-state index contributed by atoms with van der Waals surface area (Å²) in [7, 11) is 4.58. The van der Waals surface area contributed by atoms with Gasteiger partial charge in [-0.2, -0.15) is 0 Å². The molecule has 0 saturated carbocycles. The molecule has 4 N–H and O–H groups in total. The molecule has 0 aromatic rings. The van der Waals surface area contributed by atoms with Crippen LogP contribution in [0.5, 0.6) is 0 Å². The van der Waals surface area contributed by atoms with E-state index in [1.807, 2.05) is 0 Å². The van der Waals surface area contributed by atoms with E-state index >= 15 is 0 Å². The number of hydrogen-bond acceptors (Lipinski definition) is 5. The van der Waals surface area contributed by atoms with Crippen molar-refractivity contribution in [1.29, 1.82) is 0 Å². The molecule has 0 aromatic heterocycles. The van der Waals surface area contributed by atoms with Gasteiger partial charge in [0.1, 0.15) is 5.78 Å². The molecule has 0 radical (unpaired) electrons. The number of hydrogen-bond donors (Lipinski definition) is 2. The number of carbonyl (C=O) groups is 2. The summed E-state index contributed by atoms with van der Waals surface area (Å²) in [5.74, 6) is 0.457. The Balaban J connectivity index is -0.000000980. The van der Waals surface area contributed by atoms with Crippen LogP contribution in [0.1, 0.15) is 6.92 Å². The van der Waals surface area contributed by atoms with Crippen LogP contribution in [-0.2, 0) is 9.59 Å². The molecule has 0 aromatic carbocycles. The molecule has 0 heterocycles. The number of carbonyl (C=O) groups excluding carboxylic acids is 2. The number of rotatable bonds is 8. The van der Waals surface area contributed by atoms with E-state index in [1.165, 1.54) is 28.5 Å². The largest absolute Gasteiger partial charge is 1.00 e. The molecule has 96 valence electrons. The van der Waals surface area contributed by atoms with Crippen LogP contribution < -0.4 is 62.4 Å². The van der Waals surface area contributed by atoms with E-state index in [4.69, 9.17) is 11.5 Å². The van der Waals surface area contributed by atoms with Crippen molar-refractivity contribution in [2.45, 2.75) is 19.0 Å². The second kappa shape index (κ2) is 13.8. The first kappa shape index (κ1) is 23.5. The Bertz CT molecular complexity index is 232. The van der Waals surface area contributed by atoms with Gasteiger partial charge in [0.05, 0.1) is 6.04 Å². The second-order valence-electron chi connectivity index (χ2n) is 2.98. The van der Waals surface area contributed by atoms with E-state index in [1.54, 1.807) is 7.05 Å². The molecule has 0 rings (SSSR count). The number of likely N-dealkylation sites (N-methyl/N-ethyl adjacent to an activating group) is 1. The van der Waals surface area contributed by atoms with E-state index in [2.05, 4.69) is 5.32 Å². The van der Waals surface area contributed by atoms with Crippen molar-refractivity contribution in [3.8, 4) is 0 Å². The molecule has 0 saturated heterocycles. The maximum absolute atomic E-state index is 11.0. The van der Waals surface area contributed by atoms with Crippen LogP contribution in [0, 0.1) is 7.43 Å². The van der Waals surface area contributed by atoms with Gasteiger partial charge in [0.2, 0.25) is 0 Å². The predicted molar refractivity (Wildman–Crippen MR) is 72.2 cm³/mol. The van der Waals surface area contributed by atoms with Crippen molar-refractivity contribution < 1.29 is 61.0 Å². The van der Waals surface area contributed by atoms with E-state index in [0.29, 0.717) is 11.5 Å². The topological polar surface area (TPSA) is 96.0 Å². The minimum atomic E-state index is -0.868. The molecule has 0 aliphatic heterocycles. The number of nitrogens with one attached hydrogen (secondary N) is 2. The summed E-state index contributed by atoms with van der Waals surface area (Å²) >= 11 is 0. The van der Waals surface area contributed by atoms with Gasteiger partial charge in [0.25, 0.3) is 0 Å². The van der Waals surface area contributed by atoms with Crippen molar-refractivity contribution in [3.63, 3.8) is 0 Å².